The molecule has 2 amide bonds. The summed E-state index contributed by atoms with van der Waals surface area (Å²) in [7, 11) is 0. The third-order valence-corrected chi connectivity index (χ3v) is 1.76. The van der Waals surface area contributed by atoms with E-state index >= 15 is 0 Å². The molecule has 0 aliphatic carbocycles. The Morgan fingerprint density at radius 3 is 2.58 bits per heavy atom. The number of hydrogen-bond donors (Lipinski definition) is 1. The second-order valence-corrected chi connectivity index (χ2v) is 2.82. The number of carboxylic acids is 1. The van der Waals surface area contributed by atoms with E-state index in [1.54, 1.807) is 6.92 Å². The van der Waals surface area contributed by atoms with Crippen LogP contribution in [0.1, 0.15) is 13.3 Å². The summed E-state index contributed by atoms with van der Waals surface area (Å²) < 4.78 is 0. The van der Waals surface area contributed by atoms with E-state index in [4.69, 9.17) is 5.11 Å². The lowest BCUT2D eigenvalue weighted by atomic mass is 10.1. The first kappa shape index (κ1) is 8.70. The molecule has 5 heteroatoms. The van der Waals surface area contributed by atoms with Crippen LogP contribution in [0.5, 0.6) is 0 Å². The van der Waals surface area contributed by atoms with Crippen molar-refractivity contribution in [1.82, 2.24) is 4.90 Å². The van der Waals surface area contributed by atoms with Crippen molar-refractivity contribution in [2.45, 2.75) is 13.3 Å². The lowest BCUT2D eigenvalue weighted by Gasteiger charge is -2.09. The Morgan fingerprint density at radius 1 is 1.67 bits per heavy atom. The maximum atomic E-state index is 11.1. The highest BCUT2D eigenvalue weighted by Gasteiger charge is 2.36. The van der Waals surface area contributed by atoms with Crippen molar-refractivity contribution in [3.05, 3.63) is 0 Å². The van der Waals surface area contributed by atoms with Gasteiger partial charge >= 0.3 is 5.97 Å². The van der Waals surface area contributed by atoms with Crippen LogP contribution < -0.4 is 0 Å². The van der Waals surface area contributed by atoms with Gasteiger partial charge in [0.15, 0.2) is 0 Å². The van der Waals surface area contributed by atoms with Gasteiger partial charge in [0.1, 0.15) is 6.54 Å². The van der Waals surface area contributed by atoms with Crippen molar-refractivity contribution < 1.29 is 19.5 Å². The number of carboxylic acid groups (broad SMARTS) is 1. The van der Waals surface area contributed by atoms with E-state index in [0.29, 0.717) is 0 Å². The first-order valence-corrected chi connectivity index (χ1v) is 3.58. The molecule has 0 saturated carbocycles. The number of carbonyl (C=O) groups excluding carboxylic acids is 2. The van der Waals surface area contributed by atoms with Crippen molar-refractivity contribution in [3.8, 4) is 0 Å². The van der Waals surface area contributed by atoms with Gasteiger partial charge in [-0.3, -0.25) is 19.3 Å². The number of rotatable bonds is 2. The van der Waals surface area contributed by atoms with E-state index in [-0.39, 0.29) is 18.2 Å². The van der Waals surface area contributed by atoms with Gasteiger partial charge in [-0.15, -0.1) is 0 Å². The number of imide groups is 1. The van der Waals surface area contributed by atoms with Crippen LogP contribution in [0, 0.1) is 5.92 Å². The Bertz CT molecular complexity index is 248. The van der Waals surface area contributed by atoms with Crippen LogP contribution in [-0.2, 0) is 14.4 Å². The molecule has 0 spiro atoms. The molecule has 0 radical (unpaired) electrons. The second kappa shape index (κ2) is 2.92. The quantitative estimate of drug-likeness (QED) is 0.566. The Hall–Kier alpha value is -1.39. The zero-order valence-corrected chi connectivity index (χ0v) is 6.61. The zero-order valence-electron chi connectivity index (χ0n) is 6.61. The average Bonchev–Trinajstić information content (AvgIpc) is 2.16. The molecule has 0 unspecified atom stereocenters. The first-order valence-electron chi connectivity index (χ1n) is 3.58. The Kier molecular flexibility index (Phi) is 2.12. The maximum absolute atomic E-state index is 11.1. The van der Waals surface area contributed by atoms with Gasteiger partial charge < -0.3 is 5.11 Å². The third kappa shape index (κ3) is 1.44. The molecule has 12 heavy (non-hydrogen) atoms. The Morgan fingerprint density at radius 2 is 2.25 bits per heavy atom. The molecule has 0 bridgehead atoms. The van der Waals surface area contributed by atoms with E-state index in [2.05, 4.69) is 0 Å². The van der Waals surface area contributed by atoms with E-state index in [1.165, 1.54) is 0 Å². The largest absolute Gasteiger partial charge is 0.480 e. The van der Waals surface area contributed by atoms with Crippen molar-refractivity contribution in [2.75, 3.05) is 6.54 Å². The third-order valence-electron chi connectivity index (χ3n) is 1.76. The van der Waals surface area contributed by atoms with Gasteiger partial charge in [-0.1, -0.05) is 6.92 Å². The van der Waals surface area contributed by atoms with Crippen LogP contribution in [0.2, 0.25) is 0 Å². The molecule has 1 saturated heterocycles. The smallest absolute Gasteiger partial charge is 0.323 e. The molecule has 0 aromatic rings. The highest BCUT2D eigenvalue weighted by Crippen LogP contribution is 2.17. The summed E-state index contributed by atoms with van der Waals surface area (Å²) in [6.07, 6.45) is 0.131. The number of carbonyl (C=O) groups is 3. The molecule has 1 heterocycles. The van der Waals surface area contributed by atoms with Crippen LogP contribution in [0.25, 0.3) is 0 Å². The van der Waals surface area contributed by atoms with Gasteiger partial charge in [0.2, 0.25) is 11.8 Å². The monoisotopic (exact) mass is 171 g/mol. The Labute approximate surface area is 69.0 Å². The van der Waals surface area contributed by atoms with Crippen LogP contribution in [0.4, 0.5) is 0 Å². The minimum absolute atomic E-state index is 0.131. The average molecular weight is 171 g/mol. The molecule has 1 aliphatic heterocycles. The second-order valence-electron chi connectivity index (χ2n) is 2.82. The fourth-order valence-corrected chi connectivity index (χ4v) is 1.15. The van der Waals surface area contributed by atoms with E-state index in [1.807, 2.05) is 0 Å². The van der Waals surface area contributed by atoms with E-state index in [0.717, 1.165) is 4.90 Å². The van der Waals surface area contributed by atoms with Crippen molar-refractivity contribution in [1.29, 1.82) is 0 Å². The minimum atomic E-state index is -1.16. The summed E-state index contributed by atoms with van der Waals surface area (Å²) in [4.78, 5) is 33.1. The van der Waals surface area contributed by atoms with Crippen molar-refractivity contribution in [2.24, 2.45) is 5.92 Å². The highest BCUT2D eigenvalue weighted by molar-refractivity contribution is 6.05. The molecule has 1 aliphatic rings. The Balaban J connectivity index is 2.70. The SMILES string of the molecule is C[C@H]1CC(=O)N(CC(=O)O)C1=O. The summed E-state index contributed by atoms with van der Waals surface area (Å²) in [6, 6.07) is 0. The van der Waals surface area contributed by atoms with Gasteiger partial charge in [-0.05, 0) is 0 Å². The summed E-state index contributed by atoms with van der Waals surface area (Å²) in [5.41, 5.74) is 0. The van der Waals surface area contributed by atoms with Gasteiger partial charge in [0.05, 0.1) is 0 Å². The summed E-state index contributed by atoms with van der Waals surface area (Å²) in [6.45, 7) is 1.10. The number of hydrogen-bond acceptors (Lipinski definition) is 3. The predicted octanol–water partition coefficient (Wildman–Crippen LogP) is -0.534. The standard InChI is InChI=1S/C7H9NO4/c1-4-2-5(9)8(7(4)12)3-6(10)11/h4H,2-3H2,1H3,(H,10,11)/t4-/m0/s1. The van der Waals surface area contributed by atoms with Crippen LogP contribution in [0.15, 0.2) is 0 Å². The van der Waals surface area contributed by atoms with E-state index < -0.39 is 18.4 Å². The number of amides is 2. The molecule has 5 nitrogen and oxygen atoms in total. The molecule has 0 aromatic carbocycles. The lowest BCUT2D eigenvalue weighted by molar-refractivity contribution is -0.148. The van der Waals surface area contributed by atoms with Gasteiger partial charge in [0, 0.05) is 12.3 Å². The highest BCUT2D eigenvalue weighted by atomic mass is 16.4. The molecule has 0 aromatic heterocycles. The predicted molar refractivity (Wildman–Crippen MR) is 38.1 cm³/mol. The first-order chi connectivity index (χ1) is 5.52. The molecular formula is C7H9NO4. The van der Waals surface area contributed by atoms with Gasteiger partial charge in [0.25, 0.3) is 0 Å². The van der Waals surface area contributed by atoms with Crippen LogP contribution >= 0.6 is 0 Å². The number of nitrogens with zero attached hydrogens (tertiary/aromatic N) is 1. The van der Waals surface area contributed by atoms with Crippen LogP contribution in [-0.4, -0.2) is 34.3 Å². The summed E-state index contributed by atoms with van der Waals surface area (Å²) in [5.74, 6) is -2.31. The van der Waals surface area contributed by atoms with Crippen LogP contribution in [0.3, 0.4) is 0 Å². The summed E-state index contributed by atoms with van der Waals surface area (Å²) >= 11 is 0. The topological polar surface area (TPSA) is 74.7 Å². The van der Waals surface area contributed by atoms with Crippen molar-refractivity contribution >= 4 is 17.8 Å². The molecular weight excluding hydrogens is 162 g/mol. The maximum Gasteiger partial charge on any atom is 0.323 e. The molecule has 1 atom stereocenters. The fraction of sp³-hybridized carbons (Fsp3) is 0.571. The molecule has 1 rings (SSSR count). The molecule has 1 fully saturated rings. The lowest BCUT2D eigenvalue weighted by Crippen LogP contribution is -2.35. The van der Waals surface area contributed by atoms with E-state index in [9.17, 15) is 14.4 Å². The normalized spacial score (nSPS) is 23.4. The zero-order chi connectivity index (χ0) is 9.30. The number of likely N-dealkylation sites (tertiary alicyclic amines) is 1. The molecule has 66 valence electrons. The summed E-state index contributed by atoms with van der Waals surface area (Å²) in [5, 5.41) is 8.35. The molecule has 1 N–H and O–H groups in total. The minimum Gasteiger partial charge on any atom is -0.480 e. The number of aliphatic carboxylic acids is 1. The fourth-order valence-electron chi connectivity index (χ4n) is 1.15. The van der Waals surface area contributed by atoms with Gasteiger partial charge in [-0.2, -0.15) is 0 Å². The van der Waals surface area contributed by atoms with Gasteiger partial charge in [-0.25, -0.2) is 0 Å². The van der Waals surface area contributed by atoms with Crippen molar-refractivity contribution in [3.63, 3.8) is 0 Å².